The fourth-order valence-electron chi connectivity index (χ4n) is 9.52. The van der Waals surface area contributed by atoms with E-state index < -0.39 is 41.7 Å². The van der Waals surface area contributed by atoms with Crippen LogP contribution in [0.2, 0.25) is 0 Å². The van der Waals surface area contributed by atoms with Crippen molar-refractivity contribution in [1.82, 2.24) is 15.3 Å². The lowest BCUT2D eigenvalue weighted by Gasteiger charge is -2.48. The molecule has 7 aromatic rings. The summed E-state index contributed by atoms with van der Waals surface area (Å²) in [5.41, 5.74) is 5.75. The highest BCUT2D eigenvalue weighted by Gasteiger charge is 2.48. The molecule has 6 unspecified atom stereocenters. The van der Waals surface area contributed by atoms with Gasteiger partial charge in [0, 0.05) is 48.8 Å². The number of carbonyl (C=O) groups is 3. The molecule has 370 valence electrons. The van der Waals surface area contributed by atoms with Crippen LogP contribution in [0.3, 0.4) is 0 Å². The highest BCUT2D eigenvalue weighted by Crippen LogP contribution is 2.47. The Morgan fingerprint density at radius 2 is 1.26 bits per heavy atom. The van der Waals surface area contributed by atoms with Crippen LogP contribution in [0.25, 0.3) is 0 Å². The third kappa shape index (κ3) is 13.2. The first-order valence-electron chi connectivity index (χ1n) is 24.7. The lowest BCUT2D eigenvalue weighted by molar-refractivity contribution is -0.131. The zero-order valence-corrected chi connectivity index (χ0v) is 40.0. The normalized spacial score (nSPS) is 15.9. The molecular formula is C59H60F2N6O5. The summed E-state index contributed by atoms with van der Waals surface area (Å²) in [6.07, 6.45) is 6.97. The number of rotatable bonds is 24. The molecule has 2 aromatic heterocycles. The fourth-order valence-corrected chi connectivity index (χ4v) is 9.52. The summed E-state index contributed by atoms with van der Waals surface area (Å²) in [4.78, 5) is 50.7. The summed E-state index contributed by atoms with van der Waals surface area (Å²) < 4.78 is 27.3. The summed E-state index contributed by atoms with van der Waals surface area (Å²) in [6, 6.07) is 46.6. The maximum atomic E-state index is 13.8. The van der Waals surface area contributed by atoms with Gasteiger partial charge in [0.05, 0.1) is 36.1 Å². The van der Waals surface area contributed by atoms with Crippen LogP contribution >= 0.6 is 0 Å². The van der Waals surface area contributed by atoms with Gasteiger partial charge in [0.2, 0.25) is 17.7 Å². The number of benzene rings is 5. The van der Waals surface area contributed by atoms with Gasteiger partial charge in [0.1, 0.15) is 17.5 Å². The Bertz CT molecular complexity index is 2830. The Morgan fingerprint density at radius 1 is 0.639 bits per heavy atom. The zero-order chi connectivity index (χ0) is 50.2. The van der Waals surface area contributed by atoms with Gasteiger partial charge in [-0.2, -0.15) is 0 Å². The smallest absolute Gasteiger partial charge is 0.233 e. The summed E-state index contributed by atoms with van der Waals surface area (Å²) in [7, 11) is 0. The molecule has 0 spiro atoms. The van der Waals surface area contributed by atoms with Crippen LogP contribution in [0.1, 0.15) is 122 Å². The maximum Gasteiger partial charge on any atom is 0.233 e. The zero-order valence-electron chi connectivity index (χ0n) is 40.0. The average molecular weight is 971 g/mol. The van der Waals surface area contributed by atoms with Gasteiger partial charge in [-0.05, 0) is 120 Å². The Kier molecular flexibility index (Phi) is 17.6. The molecule has 8 rings (SSSR count). The number of hydrogen-bond acceptors (Lipinski definition) is 8. The number of nitrogens with zero attached hydrogens (tertiary/aromatic N) is 3. The highest BCUT2D eigenvalue weighted by molar-refractivity contribution is 6.03. The van der Waals surface area contributed by atoms with Crippen LogP contribution in [0.4, 0.5) is 26.0 Å². The molecule has 72 heavy (non-hydrogen) atoms. The molecule has 6 atom stereocenters. The summed E-state index contributed by atoms with van der Waals surface area (Å²) >= 11 is 0. The van der Waals surface area contributed by atoms with Gasteiger partial charge in [-0.1, -0.05) is 116 Å². The van der Waals surface area contributed by atoms with Gasteiger partial charge in [0.25, 0.3) is 0 Å². The van der Waals surface area contributed by atoms with Crippen LogP contribution < -0.4 is 20.9 Å². The number of amides is 3. The number of carbonyl (C=O) groups excluding carboxylic acids is 3. The van der Waals surface area contributed by atoms with Crippen LogP contribution in [-0.4, -0.2) is 37.9 Å². The van der Waals surface area contributed by atoms with Crippen molar-refractivity contribution in [3.63, 3.8) is 0 Å². The number of unbranched alkanes of at least 4 members (excludes halogenated alkanes) is 4. The second kappa shape index (κ2) is 25.0. The van der Waals surface area contributed by atoms with Crippen molar-refractivity contribution in [2.75, 3.05) is 15.5 Å². The molecule has 3 amide bonds. The SMILES string of the molecule is O=C(CCCCCCCC(=O)Nc1ccccc1C(Nc1ccccn1)C(c1ccccn1)C(O)c1ccccc1)NCc1ccc(C2C(CCC(O)c3ccc(F)cc3)C(=O)N2c2ccc(F)cc2)cc1. The predicted molar refractivity (Wildman–Crippen MR) is 275 cm³/mol. The number of β-lactam (4-membered cyclic amide) rings is 1. The minimum Gasteiger partial charge on any atom is -0.388 e. The molecule has 0 bridgehead atoms. The number of pyridine rings is 2. The van der Waals surface area contributed by atoms with E-state index in [4.69, 9.17) is 4.98 Å². The number of anilines is 3. The Balaban J connectivity index is 0.798. The number of aromatic nitrogens is 2. The number of halogens is 2. The molecule has 0 radical (unpaired) electrons. The van der Waals surface area contributed by atoms with Crippen LogP contribution in [0.5, 0.6) is 0 Å². The Hall–Kier alpha value is -7.61. The van der Waals surface area contributed by atoms with Gasteiger partial charge in [-0.25, -0.2) is 13.8 Å². The highest BCUT2D eigenvalue weighted by atomic mass is 19.1. The topological polar surface area (TPSA) is 157 Å². The molecule has 1 saturated heterocycles. The van der Waals surface area contributed by atoms with Crippen LogP contribution in [0.15, 0.2) is 176 Å². The van der Waals surface area contributed by atoms with Gasteiger partial charge in [-0.3, -0.25) is 19.4 Å². The van der Waals surface area contributed by atoms with Gasteiger partial charge < -0.3 is 31.1 Å². The van der Waals surface area contributed by atoms with E-state index in [1.54, 1.807) is 29.4 Å². The van der Waals surface area contributed by atoms with Crippen molar-refractivity contribution >= 4 is 34.9 Å². The van der Waals surface area contributed by atoms with E-state index in [0.29, 0.717) is 73.5 Å². The van der Waals surface area contributed by atoms with Gasteiger partial charge in [-0.15, -0.1) is 0 Å². The summed E-state index contributed by atoms with van der Waals surface area (Å²) in [5, 5.41) is 32.6. The largest absolute Gasteiger partial charge is 0.388 e. The fraction of sp³-hybridized carbons (Fsp3) is 0.271. The molecule has 1 aliphatic heterocycles. The maximum absolute atomic E-state index is 13.8. The minimum absolute atomic E-state index is 0.0543. The monoisotopic (exact) mass is 970 g/mol. The minimum atomic E-state index is -0.948. The van der Waals surface area contributed by atoms with Crippen molar-refractivity contribution in [3.05, 3.63) is 221 Å². The number of aliphatic hydroxyl groups excluding tert-OH is 2. The van der Waals surface area contributed by atoms with E-state index in [1.807, 2.05) is 115 Å². The third-order valence-corrected chi connectivity index (χ3v) is 13.4. The van der Waals surface area contributed by atoms with E-state index in [9.17, 15) is 33.4 Å². The molecule has 3 heterocycles. The molecule has 1 aliphatic rings. The summed E-state index contributed by atoms with van der Waals surface area (Å²) in [5.74, 6) is -1.47. The lowest BCUT2D eigenvalue weighted by Crippen LogP contribution is -2.55. The van der Waals surface area contributed by atoms with Gasteiger partial charge in [0.15, 0.2) is 0 Å². The number of hydrogen-bond donors (Lipinski definition) is 5. The molecule has 13 heteroatoms. The van der Waals surface area contributed by atoms with Crippen LogP contribution in [0, 0.1) is 17.6 Å². The Labute approximate surface area is 419 Å². The standard InChI is InChI=1S/C59H60F2N6O5/c60-44-29-27-41(28-30-44)51(68)36-35-48-57(67(59(48)72)46-33-31-45(61)32-34-46)42-25-23-40(24-26-42)39-64-53(69)21-7-2-1-3-8-22-54(70)65-49-18-10-9-17-47(49)56(66-52-20-12-14-38-63-52)55(50-19-11-13-37-62-50)58(71)43-15-5-4-6-16-43/h4-6,9-20,23-34,37-38,48,51,55-58,68,71H,1-3,7-8,21-22,35-36,39H2,(H,63,66)(H,64,69)(H,65,70). The average Bonchev–Trinajstić information content (AvgIpc) is 3.41. The van der Waals surface area contributed by atoms with Gasteiger partial charge >= 0.3 is 0 Å². The first-order chi connectivity index (χ1) is 35.1. The molecular weight excluding hydrogens is 911 g/mol. The predicted octanol–water partition coefficient (Wildman–Crippen LogP) is 11.6. The van der Waals surface area contributed by atoms with Crippen molar-refractivity contribution < 1.29 is 33.4 Å². The molecule has 5 aromatic carbocycles. The van der Waals surface area contributed by atoms with Crippen molar-refractivity contribution in [1.29, 1.82) is 0 Å². The second-order valence-electron chi connectivity index (χ2n) is 18.3. The van der Waals surface area contributed by atoms with Crippen LogP contribution in [-0.2, 0) is 20.9 Å². The number of para-hydroxylation sites is 1. The first-order valence-corrected chi connectivity index (χ1v) is 24.7. The van der Waals surface area contributed by atoms with E-state index >= 15 is 0 Å². The third-order valence-electron chi connectivity index (χ3n) is 13.4. The van der Waals surface area contributed by atoms with E-state index in [0.717, 1.165) is 41.5 Å². The Morgan fingerprint density at radius 3 is 1.94 bits per heavy atom. The van der Waals surface area contributed by atoms with E-state index in [1.165, 1.54) is 36.4 Å². The quantitative estimate of drug-likeness (QED) is 0.0296. The van der Waals surface area contributed by atoms with E-state index in [2.05, 4.69) is 20.9 Å². The van der Waals surface area contributed by atoms with Crippen molar-refractivity contribution in [2.45, 2.75) is 94.5 Å². The molecule has 0 saturated carbocycles. The molecule has 11 nitrogen and oxygen atoms in total. The van der Waals surface area contributed by atoms with Crippen molar-refractivity contribution in [2.24, 2.45) is 5.92 Å². The summed E-state index contributed by atoms with van der Waals surface area (Å²) in [6.45, 7) is 0.341. The second-order valence-corrected chi connectivity index (χ2v) is 18.3. The number of aliphatic hydroxyl groups is 2. The molecule has 5 N–H and O–H groups in total. The first kappa shape index (κ1) is 50.8. The lowest BCUT2D eigenvalue weighted by atomic mass is 9.78. The number of nitrogens with one attached hydrogen (secondary N) is 3. The van der Waals surface area contributed by atoms with E-state index in [-0.39, 0.29) is 23.8 Å². The molecule has 1 fully saturated rings. The molecule has 0 aliphatic carbocycles. The van der Waals surface area contributed by atoms with Crippen molar-refractivity contribution in [3.8, 4) is 0 Å².